The second-order valence-corrected chi connectivity index (χ2v) is 7.44. The zero-order valence-electron chi connectivity index (χ0n) is 14.3. The Morgan fingerprint density at radius 3 is 3.08 bits per heavy atom. The highest BCUT2D eigenvalue weighted by Gasteiger charge is 2.35. The molecule has 26 heavy (non-hydrogen) atoms. The van der Waals surface area contributed by atoms with E-state index in [1.807, 2.05) is 6.07 Å². The van der Waals surface area contributed by atoms with Crippen molar-refractivity contribution in [1.82, 2.24) is 10.3 Å². The molecule has 4 rings (SSSR count). The van der Waals surface area contributed by atoms with Crippen molar-refractivity contribution in [3.63, 3.8) is 0 Å². The summed E-state index contributed by atoms with van der Waals surface area (Å²) in [5, 5.41) is 6.89. The molecule has 0 saturated carbocycles. The molecule has 1 unspecified atom stereocenters. The van der Waals surface area contributed by atoms with E-state index < -0.39 is 5.54 Å². The first-order valence-corrected chi connectivity index (χ1v) is 8.92. The van der Waals surface area contributed by atoms with Gasteiger partial charge in [-0.25, -0.2) is 4.39 Å². The Hall–Kier alpha value is -2.18. The number of pyridine rings is 1. The summed E-state index contributed by atoms with van der Waals surface area (Å²) < 4.78 is 19.8. The molecule has 2 aliphatic rings. The van der Waals surface area contributed by atoms with E-state index in [1.165, 1.54) is 6.07 Å². The smallest absolute Gasteiger partial charge is 0.246 e. The van der Waals surface area contributed by atoms with Crippen LogP contribution in [0, 0.1) is 5.82 Å². The first-order valence-electron chi connectivity index (χ1n) is 8.54. The lowest BCUT2D eigenvalue weighted by molar-refractivity contribution is -0.135. The largest absolute Gasteiger partial charge is 0.377 e. The molecule has 2 heterocycles. The van der Waals surface area contributed by atoms with Gasteiger partial charge in [0, 0.05) is 17.4 Å². The Morgan fingerprint density at radius 1 is 1.42 bits per heavy atom. The summed E-state index contributed by atoms with van der Waals surface area (Å²) in [4.78, 5) is 16.1. The quantitative estimate of drug-likeness (QED) is 0.863. The van der Waals surface area contributed by atoms with Gasteiger partial charge < -0.3 is 15.4 Å². The van der Waals surface area contributed by atoms with Gasteiger partial charge in [0.05, 0.1) is 28.9 Å². The summed E-state index contributed by atoms with van der Waals surface area (Å²) >= 11 is 6.01. The fraction of sp³-hybridized carbons (Fsp3) is 0.368. The van der Waals surface area contributed by atoms with Crippen LogP contribution < -0.4 is 10.6 Å². The molecule has 5 nitrogen and oxygen atoms in total. The fourth-order valence-corrected chi connectivity index (χ4v) is 3.88. The summed E-state index contributed by atoms with van der Waals surface area (Å²) in [6.07, 6.45) is 3.44. The van der Waals surface area contributed by atoms with Gasteiger partial charge in [-0.3, -0.25) is 9.78 Å². The summed E-state index contributed by atoms with van der Waals surface area (Å²) in [6.45, 7) is 1.99. The van der Waals surface area contributed by atoms with Crippen molar-refractivity contribution in [2.75, 3.05) is 18.5 Å². The molecular weight excluding hydrogens is 357 g/mol. The molecule has 1 amide bonds. The molecule has 2 atom stereocenters. The van der Waals surface area contributed by atoms with Crippen molar-refractivity contribution in [2.45, 2.75) is 31.3 Å². The van der Waals surface area contributed by atoms with Crippen LogP contribution in [0.1, 0.15) is 36.2 Å². The number of morpholine rings is 1. The minimum Gasteiger partial charge on any atom is -0.377 e. The number of amides is 1. The highest BCUT2D eigenvalue weighted by Crippen LogP contribution is 2.35. The molecule has 136 valence electrons. The molecule has 2 N–H and O–H groups in total. The maximum atomic E-state index is 14.5. The molecular formula is C19H19ClFN3O2. The average Bonchev–Trinajstić information content (AvgIpc) is 2.98. The van der Waals surface area contributed by atoms with Crippen LogP contribution in [0.15, 0.2) is 30.5 Å². The molecule has 0 bridgehead atoms. The number of hydrogen-bond acceptors (Lipinski definition) is 4. The van der Waals surface area contributed by atoms with Gasteiger partial charge in [0.1, 0.15) is 12.4 Å². The second-order valence-electron chi connectivity index (χ2n) is 7.00. The van der Waals surface area contributed by atoms with E-state index in [4.69, 9.17) is 16.3 Å². The monoisotopic (exact) mass is 375 g/mol. The van der Waals surface area contributed by atoms with Crippen molar-refractivity contribution >= 4 is 23.2 Å². The number of nitrogens with zero attached hydrogens (tertiary/aromatic N) is 1. The van der Waals surface area contributed by atoms with Gasteiger partial charge in [-0.2, -0.15) is 0 Å². The predicted molar refractivity (Wildman–Crippen MR) is 96.6 cm³/mol. The number of ether oxygens (including phenoxy) is 1. The first-order chi connectivity index (χ1) is 12.4. The number of anilines is 1. The zero-order chi connectivity index (χ0) is 18.3. The number of halogens is 2. The van der Waals surface area contributed by atoms with E-state index in [2.05, 4.69) is 15.6 Å². The summed E-state index contributed by atoms with van der Waals surface area (Å²) in [6, 6.07) is 6.83. The Balaban J connectivity index is 1.61. The van der Waals surface area contributed by atoms with E-state index >= 15 is 0 Å². The highest BCUT2D eigenvalue weighted by molar-refractivity contribution is 6.30. The number of carbonyl (C=O) groups is 1. The first kappa shape index (κ1) is 17.2. The number of benzene rings is 1. The summed E-state index contributed by atoms with van der Waals surface area (Å²) in [5.74, 6) is -0.622. The number of aromatic nitrogens is 1. The molecule has 1 aliphatic carbocycles. The number of aryl methyl sites for hydroxylation is 1. The van der Waals surface area contributed by atoms with Gasteiger partial charge in [0.15, 0.2) is 0 Å². The average molecular weight is 376 g/mol. The molecule has 1 fully saturated rings. The predicted octanol–water partition coefficient (Wildman–Crippen LogP) is 3.34. The molecule has 2 aromatic rings. The number of carbonyl (C=O) groups excluding carboxylic acids is 1. The standard InChI is InChI=1S/C19H19ClFN3O2/c1-19(10-26-9-17(25)24-19)14-7-13(3-4-15(14)21)23-16-5-2-11-6-12(20)8-22-18(11)16/h3-4,6-8,16,23H,2,5,9-10H2,1H3,(H,24,25)/t16?,19-/m0/s1. The normalized spacial score (nSPS) is 24.9. The Labute approximate surface area is 155 Å². The summed E-state index contributed by atoms with van der Waals surface area (Å²) in [5.41, 5.74) is 2.39. The summed E-state index contributed by atoms with van der Waals surface area (Å²) in [7, 11) is 0. The van der Waals surface area contributed by atoms with Crippen molar-refractivity contribution < 1.29 is 13.9 Å². The lowest BCUT2D eigenvalue weighted by Gasteiger charge is -2.35. The van der Waals surface area contributed by atoms with Crippen molar-refractivity contribution in [3.05, 3.63) is 58.1 Å². The maximum absolute atomic E-state index is 14.5. The van der Waals surface area contributed by atoms with E-state index in [1.54, 1.807) is 25.3 Å². The van der Waals surface area contributed by atoms with Gasteiger partial charge in [-0.15, -0.1) is 0 Å². The van der Waals surface area contributed by atoms with Crippen LogP contribution in [-0.4, -0.2) is 24.1 Å². The second kappa shape index (κ2) is 6.52. The third-order valence-electron chi connectivity index (χ3n) is 4.94. The molecule has 1 aromatic carbocycles. The maximum Gasteiger partial charge on any atom is 0.246 e. The Bertz CT molecular complexity index is 876. The van der Waals surface area contributed by atoms with E-state index in [0.717, 1.165) is 29.8 Å². The highest BCUT2D eigenvalue weighted by atomic mass is 35.5. The molecule has 7 heteroatoms. The fourth-order valence-electron chi connectivity index (χ4n) is 3.69. The molecule has 0 radical (unpaired) electrons. The van der Waals surface area contributed by atoms with Crippen LogP contribution in [0.25, 0.3) is 0 Å². The number of nitrogens with one attached hydrogen (secondary N) is 2. The van der Waals surface area contributed by atoms with Crippen LogP contribution in [0.2, 0.25) is 5.02 Å². The van der Waals surface area contributed by atoms with Gasteiger partial charge in [-0.05, 0) is 49.6 Å². The third-order valence-corrected chi connectivity index (χ3v) is 5.15. The lowest BCUT2D eigenvalue weighted by atomic mass is 9.90. The van der Waals surface area contributed by atoms with Gasteiger partial charge >= 0.3 is 0 Å². The Kier molecular flexibility index (Phi) is 4.32. The topological polar surface area (TPSA) is 63.3 Å². The van der Waals surface area contributed by atoms with Crippen LogP contribution in [0.5, 0.6) is 0 Å². The zero-order valence-corrected chi connectivity index (χ0v) is 15.1. The van der Waals surface area contributed by atoms with E-state index in [9.17, 15) is 9.18 Å². The van der Waals surface area contributed by atoms with Crippen molar-refractivity contribution in [1.29, 1.82) is 0 Å². The molecule has 0 spiro atoms. The molecule has 1 aliphatic heterocycles. The molecule has 1 saturated heterocycles. The number of rotatable bonds is 3. The SMILES string of the molecule is C[C@@]1(c2cc(NC3CCc4cc(Cl)cnc43)ccc2F)COCC(=O)N1. The van der Waals surface area contributed by atoms with E-state index in [0.29, 0.717) is 10.6 Å². The van der Waals surface area contributed by atoms with Gasteiger partial charge in [0.2, 0.25) is 5.91 Å². The number of fused-ring (bicyclic) bond motifs is 1. The van der Waals surface area contributed by atoms with Crippen LogP contribution >= 0.6 is 11.6 Å². The lowest BCUT2D eigenvalue weighted by Crippen LogP contribution is -2.53. The third kappa shape index (κ3) is 3.15. The minimum absolute atomic E-state index is 0.00222. The minimum atomic E-state index is -0.892. The number of hydrogen-bond donors (Lipinski definition) is 2. The van der Waals surface area contributed by atoms with Gasteiger partial charge in [0.25, 0.3) is 0 Å². The van der Waals surface area contributed by atoms with Gasteiger partial charge in [-0.1, -0.05) is 11.6 Å². The Morgan fingerprint density at radius 2 is 2.27 bits per heavy atom. The van der Waals surface area contributed by atoms with Crippen LogP contribution in [0.3, 0.4) is 0 Å². The van der Waals surface area contributed by atoms with E-state index in [-0.39, 0.29) is 31.0 Å². The van der Waals surface area contributed by atoms with Crippen molar-refractivity contribution in [3.8, 4) is 0 Å². The molecule has 1 aromatic heterocycles. The van der Waals surface area contributed by atoms with Crippen LogP contribution in [-0.2, 0) is 21.5 Å². The van der Waals surface area contributed by atoms with Crippen molar-refractivity contribution in [2.24, 2.45) is 0 Å². The van der Waals surface area contributed by atoms with Crippen LogP contribution in [0.4, 0.5) is 10.1 Å².